The van der Waals surface area contributed by atoms with Crippen molar-refractivity contribution < 1.29 is 14.3 Å². The molecule has 2 aromatic rings. The largest absolute Gasteiger partial charge is 0.473 e. The molecule has 1 aromatic carbocycles. The minimum Gasteiger partial charge on any atom is -0.473 e. The molecule has 9 heteroatoms. The van der Waals surface area contributed by atoms with Gasteiger partial charge in [0.1, 0.15) is 18.2 Å². The fraction of sp³-hybridized carbons (Fsp3) is 0.520. The molecule has 1 aliphatic heterocycles. The summed E-state index contributed by atoms with van der Waals surface area (Å²) in [4.78, 5) is 23.1. The van der Waals surface area contributed by atoms with Gasteiger partial charge < -0.3 is 19.7 Å². The number of benzene rings is 1. The predicted molar refractivity (Wildman–Crippen MR) is 129 cm³/mol. The van der Waals surface area contributed by atoms with Gasteiger partial charge in [0.05, 0.1) is 34.5 Å². The Balaban J connectivity index is 1.43. The van der Waals surface area contributed by atoms with Crippen LogP contribution in [0.25, 0.3) is 0 Å². The molecule has 1 saturated carbocycles. The van der Waals surface area contributed by atoms with E-state index < -0.39 is 0 Å². The van der Waals surface area contributed by atoms with E-state index in [1.165, 1.54) is 6.33 Å². The minimum absolute atomic E-state index is 0.00776. The fourth-order valence-electron chi connectivity index (χ4n) is 4.50. The van der Waals surface area contributed by atoms with Gasteiger partial charge in [-0.15, -0.1) is 0 Å². The van der Waals surface area contributed by atoms with Crippen molar-refractivity contribution in [3.63, 3.8) is 0 Å². The first-order chi connectivity index (χ1) is 16.1. The highest BCUT2D eigenvalue weighted by Gasteiger charge is 2.45. The van der Waals surface area contributed by atoms with E-state index in [-0.39, 0.29) is 29.4 Å². The molecule has 34 heavy (non-hydrogen) atoms. The van der Waals surface area contributed by atoms with Gasteiger partial charge in [-0.3, -0.25) is 0 Å². The van der Waals surface area contributed by atoms with Crippen molar-refractivity contribution in [1.82, 2.24) is 14.9 Å². The number of nitrogens with zero attached hydrogens (tertiary/aromatic N) is 4. The molecule has 2 aliphatic rings. The highest BCUT2D eigenvalue weighted by Crippen LogP contribution is 2.40. The zero-order chi connectivity index (χ0) is 24.5. The highest BCUT2D eigenvalue weighted by atomic mass is 35.5. The maximum absolute atomic E-state index is 12.6. The van der Waals surface area contributed by atoms with Crippen LogP contribution in [-0.2, 0) is 4.74 Å². The lowest BCUT2D eigenvalue weighted by Gasteiger charge is -2.37. The molecule has 1 aromatic heterocycles. The number of carbonyl (C=O) groups is 1. The topological polar surface area (TPSA) is 100 Å². The Morgan fingerprint density at radius 3 is 2.59 bits per heavy atom. The number of hydrogen-bond donors (Lipinski definition) is 1. The second kappa shape index (κ2) is 9.67. The lowest BCUT2D eigenvalue weighted by Crippen LogP contribution is -2.50. The summed E-state index contributed by atoms with van der Waals surface area (Å²) in [6.07, 6.45) is 3.23. The van der Waals surface area contributed by atoms with Gasteiger partial charge in [0.15, 0.2) is 0 Å². The second-order valence-corrected chi connectivity index (χ2v) is 10.7. The van der Waals surface area contributed by atoms with E-state index in [9.17, 15) is 4.79 Å². The maximum Gasteiger partial charge on any atom is 0.409 e. The Kier molecular flexibility index (Phi) is 6.85. The molecular formula is C25H30ClN5O3. The number of nitrogens with one attached hydrogen (secondary N) is 1. The van der Waals surface area contributed by atoms with Gasteiger partial charge in [-0.2, -0.15) is 5.26 Å². The van der Waals surface area contributed by atoms with Crippen molar-refractivity contribution >= 4 is 29.2 Å². The summed E-state index contributed by atoms with van der Waals surface area (Å²) in [6, 6.07) is 7.12. The van der Waals surface area contributed by atoms with E-state index in [1.54, 1.807) is 18.2 Å². The van der Waals surface area contributed by atoms with E-state index in [0.29, 0.717) is 47.7 Å². The molecule has 2 bridgehead atoms. The molecule has 1 aliphatic carbocycles. The number of amides is 1. The number of nitriles is 1. The van der Waals surface area contributed by atoms with Crippen molar-refractivity contribution in [2.45, 2.75) is 46.6 Å². The lowest BCUT2D eigenvalue weighted by atomic mass is 9.95. The average molecular weight is 484 g/mol. The van der Waals surface area contributed by atoms with Crippen molar-refractivity contribution in [2.24, 2.45) is 17.3 Å². The first-order valence-corrected chi connectivity index (χ1v) is 11.9. The zero-order valence-corrected chi connectivity index (χ0v) is 20.7. The van der Waals surface area contributed by atoms with Crippen LogP contribution in [0.3, 0.4) is 0 Å². The van der Waals surface area contributed by atoms with Crippen LogP contribution in [0, 0.1) is 35.5 Å². The van der Waals surface area contributed by atoms with Gasteiger partial charge >= 0.3 is 6.09 Å². The first-order valence-electron chi connectivity index (χ1n) is 11.5. The number of carbonyl (C=O) groups excluding carboxylic acids is 1. The summed E-state index contributed by atoms with van der Waals surface area (Å²) in [5, 5.41) is 12.7. The van der Waals surface area contributed by atoms with Crippen LogP contribution in [0.1, 0.15) is 44.7 Å². The van der Waals surface area contributed by atoms with E-state index in [2.05, 4.69) is 21.4 Å². The van der Waals surface area contributed by atoms with Crippen LogP contribution < -0.4 is 10.1 Å². The molecule has 1 saturated heterocycles. The Hall–Kier alpha value is -3.05. The number of rotatable bonds is 5. The predicted octanol–water partition coefficient (Wildman–Crippen LogP) is 5.33. The third kappa shape index (κ3) is 5.36. The summed E-state index contributed by atoms with van der Waals surface area (Å²) >= 11 is 6.31. The van der Waals surface area contributed by atoms with Gasteiger partial charge in [-0.1, -0.05) is 32.4 Å². The maximum atomic E-state index is 12.6. The number of aromatic nitrogens is 2. The van der Waals surface area contributed by atoms with Crippen LogP contribution in [0.4, 0.5) is 16.3 Å². The Morgan fingerprint density at radius 1 is 1.26 bits per heavy atom. The zero-order valence-electron chi connectivity index (χ0n) is 20.0. The lowest BCUT2D eigenvalue weighted by molar-refractivity contribution is 0.0150. The van der Waals surface area contributed by atoms with E-state index in [4.69, 9.17) is 26.3 Å². The fourth-order valence-corrected chi connectivity index (χ4v) is 4.73. The van der Waals surface area contributed by atoms with Gasteiger partial charge in [0.25, 0.3) is 0 Å². The van der Waals surface area contributed by atoms with Gasteiger partial charge in [0, 0.05) is 24.9 Å². The molecule has 2 atom stereocenters. The molecule has 4 rings (SSSR count). The normalized spacial score (nSPS) is 21.6. The number of ether oxygens (including phenoxy) is 2. The van der Waals surface area contributed by atoms with Gasteiger partial charge in [0.2, 0.25) is 5.88 Å². The van der Waals surface area contributed by atoms with E-state index >= 15 is 0 Å². The minimum atomic E-state index is -0.241. The van der Waals surface area contributed by atoms with Crippen molar-refractivity contribution in [3.8, 4) is 11.9 Å². The molecule has 1 amide bonds. The smallest absolute Gasteiger partial charge is 0.409 e. The third-order valence-corrected chi connectivity index (χ3v) is 6.58. The van der Waals surface area contributed by atoms with Crippen LogP contribution >= 0.6 is 11.6 Å². The SMILES string of the molecule is Cc1c(Nc2ccc(C#N)cc2Cl)ncnc1OC1C2CCC1CN(C(=O)OCC(C)(C)C)C2. The molecule has 0 spiro atoms. The van der Waals surface area contributed by atoms with Crippen molar-refractivity contribution in [2.75, 3.05) is 25.0 Å². The monoisotopic (exact) mass is 483 g/mol. The van der Waals surface area contributed by atoms with E-state index in [0.717, 1.165) is 18.4 Å². The van der Waals surface area contributed by atoms with Crippen LogP contribution in [-0.4, -0.2) is 46.8 Å². The standard InChI is InChI=1S/C25H30ClN5O3/c1-15-22(30-20-8-5-16(10-27)9-19(20)26)28-14-29-23(15)34-21-17-6-7-18(21)12-31(11-17)24(32)33-13-25(2,3)4/h5,8-9,14,17-18,21H,6-7,11-13H2,1-4H3,(H,28,29,30). The van der Waals surface area contributed by atoms with Crippen LogP contribution in [0.5, 0.6) is 5.88 Å². The van der Waals surface area contributed by atoms with E-state index in [1.807, 2.05) is 32.6 Å². The Labute approximate surface area is 205 Å². The summed E-state index contributed by atoms with van der Waals surface area (Å²) < 4.78 is 11.9. The number of likely N-dealkylation sites (tertiary alicyclic amines) is 1. The molecule has 1 N–H and O–H groups in total. The molecule has 2 unspecified atom stereocenters. The number of anilines is 2. The molecule has 0 radical (unpaired) electrons. The van der Waals surface area contributed by atoms with Gasteiger partial charge in [-0.25, -0.2) is 14.8 Å². The quantitative estimate of drug-likeness (QED) is 0.613. The number of hydrogen-bond acceptors (Lipinski definition) is 7. The van der Waals surface area contributed by atoms with Crippen LogP contribution in [0.2, 0.25) is 5.02 Å². The number of halogens is 1. The first kappa shape index (κ1) is 24.1. The Morgan fingerprint density at radius 2 is 1.97 bits per heavy atom. The molecular weight excluding hydrogens is 454 g/mol. The second-order valence-electron chi connectivity index (χ2n) is 10.3. The average Bonchev–Trinajstić information content (AvgIpc) is 3.01. The van der Waals surface area contributed by atoms with Crippen molar-refractivity contribution in [1.29, 1.82) is 5.26 Å². The number of fused-ring (bicyclic) bond motifs is 2. The van der Waals surface area contributed by atoms with Crippen molar-refractivity contribution in [3.05, 3.63) is 40.7 Å². The number of piperidine rings is 1. The molecule has 8 nitrogen and oxygen atoms in total. The summed E-state index contributed by atoms with van der Waals surface area (Å²) in [5.41, 5.74) is 1.85. The molecule has 180 valence electrons. The molecule has 2 fully saturated rings. The Bertz CT molecular complexity index is 1100. The summed E-state index contributed by atoms with van der Waals surface area (Å²) in [7, 11) is 0. The third-order valence-electron chi connectivity index (χ3n) is 6.27. The molecule has 2 heterocycles. The van der Waals surface area contributed by atoms with Gasteiger partial charge in [-0.05, 0) is 43.4 Å². The highest BCUT2D eigenvalue weighted by molar-refractivity contribution is 6.33. The van der Waals surface area contributed by atoms with Crippen LogP contribution in [0.15, 0.2) is 24.5 Å². The summed E-state index contributed by atoms with van der Waals surface area (Å²) in [5.74, 6) is 1.58. The summed E-state index contributed by atoms with van der Waals surface area (Å²) in [6.45, 7) is 9.69.